The molecule has 0 saturated heterocycles. The lowest BCUT2D eigenvalue weighted by Crippen LogP contribution is -2.19. The van der Waals surface area contributed by atoms with Crippen LogP contribution in [0.4, 0.5) is 11.6 Å². The molecule has 0 aliphatic rings. The van der Waals surface area contributed by atoms with Crippen molar-refractivity contribution in [3.8, 4) is 0 Å². The molecular weight excluding hydrogens is 262 g/mol. The first-order valence-electron chi connectivity index (χ1n) is 7.10. The van der Waals surface area contributed by atoms with E-state index in [1.807, 2.05) is 29.9 Å². The average molecular weight is 281 g/mol. The average Bonchev–Trinajstić information content (AvgIpc) is 2.96. The monoisotopic (exact) mass is 281 g/mol. The highest BCUT2D eigenvalue weighted by Gasteiger charge is 2.12. The summed E-state index contributed by atoms with van der Waals surface area (Å²) in [5.41, 5.74) is 2.12. The Labute approximate surface area is 124 Å². The van der Waals surface area contributed by atoms with E-state index in [0.717, 1.165) is 30.4 Å². The summed E-state index contributed by atoms with van der Waals surface area (Å²) in [6, 6.07) is 10.4. The van der Waals surface area contributed by atoms with E-state index in [0.29, 0.717) is 0 Å². The summed E-state index contributed by atoms with van der Waals surface area (Å²) in [6.45, 7) is 3.70. The van der Waals surface area contributed by atoms with Crippen LogP contribution in [0.15, 0.2) is 48.9 Å². The smallest absolute Gasteiger partial charge is 0.180 e. The summed E-state index contributed by atoms with van der Waals surface area (Å²) in [5.74, 6) is 1.74. The van der Waals surface area contributed by atoms with Gasteiger partial charge in [0.2, 0.25) is 0 Å². The molecule has 108 valence electrons. The van der Waals surface area contributed by atoms with Crippen molar-refractivity contribution in [3.63, 3.8) is 0 Å². The lowest BCUT2D eigenvalue weighted by atomic mass is 10.2. The third kappa shape index (κ3) is 2.81. The molecule has 3 aromatic rings. The van der Waals surface area contributed by atoms with Gasteiger partial charge in [-0.25, -0.2) is 9.97 Å². The minimum atomic E-state index is 0.798. The van der Waals surface area contributed by atoms with Crippen molar-refractivity contribution >= 4 is 17.3 Å². The lowest BCUT2D eigenvalue weighted by Gasteiger charge is -2.20. The number of hydrogen-bond donors (Lipinski definition) is 1. The number of imidazole rings is 1. The molecule has 0 fully saturated rings. The van der Waals surface area contributed by atoms with Gasteiger partial charge in [-0.2, -0.15) is 0 Å². The van der Waals surface area contributed by atoms with Crippen LogP contribution in [0.2, 0.25) is 0 Å². The molecule has 5 nitrogen and oxygen atoms in total. The zero-order valence-electron chi connectivity index (χ0n) is 12.3. The largest absolute Gasteiger partial charge is 0.369 e. The van der Waals surface area contributed by atoms with Gasteiger partial charge in [0, 0.05) is 32.5 Å². The van der Waals surface area contributed by atoms with Crippen LogP contribution in [0, 0.1) is 0 Å². The number of nitrogens with one attached hydrogen (secondary N) is 1. The number of hydrogen-bond acceptors (Lipinski definition) is 4. The van der Waals surface area contributed by atoms with Crippen molar-refractivity contribution in [1.82, 2.24) is 14.4 Å². The first kappa shape index (κ1) is 13.4. The van der Waals surface area contributed by atoms with E-state index in [9.17, 15) is 0 Å². The maximum Gasteiger partial charge on any atom is 0.180 e. The van der Waals surface area contributed by atoms with Gasteiger partial charge in [-0.1, -0.05) is 30.3 Å². The molecule has 0 aliphatic heterocycles. The van der Waals surface area contributed by atoms with Gasteiger partial charge in [-0.15, -0.1) is 0 Å². The maximum atomic E-state index is 4.69. The molecule has 0 spiro atoms. The summed E-state index contributed by atoms with van der Waals surface area (Å²) in [5, 5.41) is 3.26. The Morgan fingerprint density at radius 1 is 1.24 bits per heavy atom. The summed E-state index contributed by atoms with van der Waals surface area (Å²) in [7, 11) is 2.04. The van der Waals surface area contributed by atoms with Crippen LogP contribution in [0.25, 0.3) is 5.65 Å². The second-order valence-corrected chi connectivity index (χ2v) is 4.98. The fourth-order valence-corrected chi connectivity index (χ4v) is 2.37. The van der Waals surface area contributed by atoms with E-state index in [2.05, 4.69) is 46.4 Å². The van der Waals surface area contributed by atoms with E-state index in [1.54, 1.807) is 6.20 Å². The van der Waals surface area contributed by atoms with Gasteiger partial charge >= 0.3 is 0 Å². The Balaban J connectivity index is 1.96. The van der Waals surface area contributed by atoms with Gasteiger partial charge in [0.05, 0.1) is 6.20 Å². The van der Waals surface area contributed by atoms with Crippen LogP contribution in [0.1, 0.15) is 12.5 Å². The van der Waals surface area contributed by atoms with Gasteiger partial charge < -0.3 is 14.6 Å². The zero-order valence-corrected chi connectivity index (χ0v) is 12.3. The Morgan fingerprint density at radius 2 is 2.05 bits per heavy atom. The van der Waals surface area contributed by atoms with Gasteiger partial charge in [0.1, 0.15) is 5.82 Å². The van der Waals surface area contributed by atoms with Crippen LogP contribution in [0.3, 0.4) is 0 Å². The third-order valence-electron chi connectivity index (χ3n) is 3.34. The summed E-state index contributed by atoms with van der Waals surface area (Å²) in [6.07, 6.45) is 5.70. The Hall–Kier alpha value is -2.56. The molecule has 0 radical (unpaired) electrons. The molecule has 2 aromatic heterocycles. The van der Waals surface area contributed by atoms with Gasteiger partial charge in [0.15, 0.2) is 11.5 Å². The van der Waals surface area contributed by atoms with Crippen molar-refractivity contribution in [2.45, 2.75) is 13.5 Å². The van der Waals surface area contributed by atoms with Crippen LogP contribution < -0.4 is 10.2 Å². The molecule has 1 aromatic carbocycles. The fraction of sp³-hybridized carbons (Fsp3) is 0.250. The molecule has 0 bridgehead atoms. The highest BCUT2D eigenvalue weighted by molar-refractivity contribution is 5.66. The van der Waals surface area contributed by atoms with Crippen molar-refractivity contribution in [3.05, 3.63) is 54.5 Å². The zero-order chi connectivity index (χ0) is 14.7. The van der Waals surface area contributed by atoms with Gasteiger partial charge in [-0.05, 0) is 12.5 Å². The molecule has 2 heterocycles. The van der Waals surface area contributed by atoms with Crippen molar-refractivity contribution < 1.29 is 0 Å². The van der Waals surface area contributed by atoms with Crippen molar-refractivity contribution in [2.75, 3.05) is 23.8 Å². The first-order valence-corrected chi connectivity index (χ1v) is 7.10. The highest BCUT2D eigenvalue weighted by atomic mass is 15.2. The third-order valence-corrected chi connectivity index (χ3v) is 3.34. The van der Waals surface area contributed by atoms with Gasteiger partial charge in [0.25, 0.3) is 0 Å². The SMILES string of the molecule is CCNc1cn2ccnc2c(N(C)Cc2ccccc2)n1. The quantitative estimate of drug-likeness (QED) is 0.781. The van der Waals surface area contributed by atoms with Crippen molar-refractivity contribution in [1.29, 1.82) is 0 Å². The minimum Gasteiger partial charge on any atom is -0.369 e. The van der Waals surface area contributed by atoms with E-state index < -0.39 is 0 Å². The second kappa shape index (κ2) is 5.83. The number of anilines is 2. The van der Waals surface area contributed by atoms with Crippen LogP contribution in [0.5, 0.6) is 0 Å². The lowest BCUT2D eigenvalue weighted by molar-refractivity contribution is 0.891. The number of nitrogens with zero attached hydrogens (tertiary/aromatic N) is 4. The van der Waals surface area contributed by atoms with Crippen LogP contribution in [-0.4, -0.2) is 28.0 Å². The Morgan fingerprint density at radius 3 is 2.81 bits per heavy atom. The van der Waals surface area contributed by atoms with E-state index in [1.165, 1.54) is 5.56 Å². The molecule has 0 amide bonds. The topological polar surface area (TPSA) is 45.5 Å². The van der Waals surface area contributed by atoms with E-state index >= 15 is 0 Å². The van der Waals surface area contributed by atoms with Crippen LogP contribution in [-0.2, 0) is 6.54 Å². The number of benzene rings is 1. The van der Waals surface area contributed by atoms with Gasteiger partial charge in [-0.3, -0.25) is 0 Å². The minimum absolute atomic E-state index is 0.798. The number of aromatic nitrogens is 3. The predicted octanol–water partition coefficient (Wildman–Crippen LogP) is 2.80. The molecule has 21 heavy (non-hydrogen) atoms. The summed E-state index contributed by atoms with van der Waals surface area (Å²) >= 11 is 0. The first-order chi connectivity index (χ1) is 10.3. The molecule has 0 unspecified atom stereocenters. The molecule has 0 aliphatic carbocycles. The summed E-state index contributed by atoms with van der Waals surface area (Å²) in [4.78, 5) is 11.2. The number of rotatable bonds is 5. The second-order valence-electron chi connectivity index (χ2n) is 4.98. The van der Waals surface area contributed by atoms with Crippen molar-refractivity contribution in [2.24, 2.45) is 0 Å². The standard InChI is InChI=1S/C16H19N5/c1-3-17-14-12-21-10-9-18-15(21)16(19-14)20(2)11-13-7-5-4-6-8-13/h4-10,12,17H,3,11H2,1-2H3. The Kier molecular flexibility index (Phi) is 3.73. The maximum absolute atomic E-state index is 4.69. The molecule has 0 atom stereocenters. The van der Waals surface area contributed by atoms with E-state index in [-0.39, 0.29) is 0 Å². The predicted molar refractivity (Wildman–Crippen MR) is 85.7 cm³/mol. The highest BCUT2D eigenvalue weighted by Crippen LogP contribution is 2.21. The molecule has 0 saturated carbocycles. The molecular formula is C16H19N5. The molecule has 3 rings (SSSR count). The normalized spacial score (nSPS) is 10.8. The van der Waals surface area contributed by atoms with E-state index in [4.69, 9.17) is 4.98 Å². The summed E-state index contributed by atoms with van der Waals surface area (Å²) < 4.78 is 2.00. The van der Waals surface area contributed by atoms with Crippen LogP contribution >= 0.6 is 0 Å². The number of fused-ring (bicyclic) bond motifs is 1. The Bertz CT molecular complexity index is 720. The molecule has 5 heteroatoms. The molecule has 1 N–H and O–H groups in total. The fourth-order valence-electron chi connectivity index (χ4n) is 2.37.